The van der Waals surface area contributed by atoms with Crippen molar-refractivity contribution in [1.29, 1.82) is 5.26 Å². The second-order valence-corrected chi connectivity index (χ2v) is 10.8. The molecule has 41 heavy (non-hydrogen) atoms. The highest BCUT2D eigenvalue weighted by Gasteiger charge is 2.26. The molecule has 0 saturated heterocycles. The number of rotatable bonds is 2. The maximum Gasteiger partial charge on any atom is 0.0991 e. The highest BCUT2D eigenvalue weighted by molar-refractivity contribution is 6.26. The van der Waals surface area contributed by atoms with E-state index in [-0.39, 0.29) is 0 Å². The van der Waals surface area contributed by atoms with E-state index in [4.69, 9.17) is 0 Å². The molecule has 0 saturated carbocycles. The monoisotopic (exact) mass is 518 g/mol. The van der Waals surface area contributed by atoms with Crippen LogP contribution in [0.2, 0.25) is 0 Å². The van der Waals surface area contributed by atoms with Gasteiger partial charge in [0.2, 0.25) is 0 Å². The van der Waals surface area contributed by atoms with Gasteiger partial charge in [-0.3, -0.25) is 0 Å². The van der Waals surface area contributed by atoms with Crippen LogP contribution in [-0.4, -0.2) is 4.57 Å². The van der Waals surface area contributed by atoms with Crippen LogP contribution in [0.25, 0.3) is 82.4 Å². The van der Waals surface area contributed by atoms with Gasteiger partial charge in [0, 0.05) is 21.7 Å². The summed E-state index contributed by atoms with van der Waals surface area (Å²) >= 11 is 0. The van der Waals surface area contributed by atoms with Gasteiger partial charge in [-0.05, 0) is 74.3 Å². The van der Waals surface area contributed by atoms with Crippen LogP contribution in [0.5, 0.6) is 0 Å². The average Bonchev–Trinajstić information content (AvgIpc) is 3.55. The summed E-state index contributed by atoms with van der Waals surface area (Å²) in [5, 5.41) is 16.9. The molecule has 0 amide bonds. The number of nitriles is 1. The summed E-state index contributed by atoms with van der Waals surface area (Å²) in [5.74, 6) is 0. The molecule has 2 nitrogen and oxygen atoms in total. The van der Waals surface area contributed by atoms with E-state index in [0.717, 1.165) is 16.8 Å². The fraction of sp³-hybridized carbons (Fsp3) is 0. The highest BCUT2D eigenvalue weighted by atomic mass is 15.0. The number of hydrogen-bond acceptors (Lipinski definition) is 1. The van der Waals surface area contributed by atoms with Crippen LogP contribution in [0.4, 0.5) is 0 Å². The Morgan fingerprint density at radius 3 is 1.98 bits per heavy atom. The summed E-state index contributed by atoms with van der Waals surface area (Å²) in [6.07, 6.45) is 0. The zero-order valence-electron chi connectivity index (χ0n) is 22.1. The first kappa shape index (κ1) is 22.2. The Morgan fingerprint density at radius 1 is 0.463 bits per heavy atom. The molecule has 0 atom stereocenters. The Morgan fingerprint density at radius 2 is 1.17 bits per heavy atom. The van der Waals surface area contributed by atoms with Crippen LogP contribution < -0.4 is 0 Å². The average molecular weight is 519 g/mol. The molecular weight excluding hydrogens is 496 g/mol. The Kier molecular flexibility index (Phi) is 4.43. The minimum atomic E-state index is 0.672. The van der Waals surface area contributed by atoms with Gasteiger partial charge in [-0.2, -0.15) is 5.26 Å². The third-order valence-electron chi connectivity index (χ3n) is 8.77. The van der Waals surface area contributed by atoms with Crippen LogP contribution >= 0.6 is 0 Å². The molecule has 8 aromatic rings. The molecule has 0 unspecified atom stereocenters. The number of fused-ring (bicyclic) bond motifs is 8. The van der Waals surface area contributed by atoms with Crippen LogP contribution in [0.15, 0.2) is 133 Å². The number of aromatic nitrogens is 1. The van der Waals surface area contributed by atoms with Gasteiger partial charge < -0.3 is 4.57 Å². The van der Waals surface area contributed by atoms with Crippen LogP contribution in [0.1, 0.15) is 5.56 Å². The van der Waals surface area contributed by atoms with Gasteiger partial charge in [-0.25, -0.2) is 0 Å². The maximum absolute atomic E-state index is 9.28. The van der Waals surface area contributed by atoms with Crippen molar-refractivity contribution in [2.45, 2.75) is 0 Å². The Hall–Kier alpha value is -5.65. The second-order valence-electron chi connectivity index (χ2n) is 10.8. The largest absolute Gasteiger partial charge is 0.309 e. The molecule has 1 aromatic heterocycles. The van der Waals surface area contributed by atoms with E-state index >= 15 is 0 Å². The third-order valence-corrected chi connectivity index (χ3v) is 8.77. The predicted octanol–water partition coefficient (Wildman–Crippen LogP) is 10.3. The van der Waals surface area contributed by atoms with Gasteiger partial charge in [-0.15, -0.1) is 0 Å². The molecule has 7 aromatic carbocycles. The van der Waals surface area contributed by atoms with E-state index in [0.29, 0.717) is 5.56 Å². The quantitative estimate of drug-likeness (QED) is 0.224. The summed E-state index contributed by atoms with van der Waals surface area (Å²) < 4.78 is 2.44. The standard InChI is InChI=1S/C39H22N2/c40-23-24-15-17-25(18-16-24)27-19-21-35(29-10-2-1-9-28(27)29)41-34-14-4-3-11-32(34)39-36(41)22-20-31-30-12-5-7-26-8-6-13-33(37(26)30)38(31)39/h1-22H. The zero-order chi connectivity index (χ0) is 27.1. The summed E-state index contributed by atoms with van der Waals surface area (Å²) in [6.45, 7) is 0. The Balaban J connectivity index is 1.38. The van der Waals surface area contributed by atoms with Crippen molar-refractivity contribution in [3.8, 4) is 45.1 Å². The van der Waals surface area contributed by atoms with Crippen molar-refractivity contribution < 1.29 is 0 Å². The molecule has 0 radical (unpaired) electrons. The van der Waals surface area contributed by atoms with E-state index in [2.05, 4.69) is 120 Å². The molecule has 188 valence electrons. The lowest BCUT2D eigenvalue weighted by molar-refractivity contribution is 1.20. The Bertz CT molecular complexity index is 2410. The molecule has 0 bridgehead atoms. The van der Waals surface area contributed by atoms with Gasteiger partial charge >= 0.3 is 0 Å². The van der Waals surface area contributed by atoms with Gasteiger partial charge in [0.15, 0.2) is 0 Å². The first-order valence-electron chi connectivity index (χ1n) is 13.9. The van der Waals surface area contributed by atoms with Crippen LogP contribution in [0, 0.1) is 11.3 Å². The van der Waals surface area contributed by atoms with E-state index in [1.807, 2.05) is 24.3 Å². The molecule has 0 N–H and O–H groups in total. The lowest BCUT2D eigenvalue weighted by atomic mass is 9.96. The van der Waals surface area contributed by atoms with Gasteiger partial charge in [0.05, 0.1) is 28.4 Å². The van der Waals surface area contributed by atoms with Crippen LogP contribution in [-0.2, 0) is 0 Å². The molecule has 1 aliphatic rings. The van der Waals surface area contributed by atoms with E-state index in [9.17, 15) is 5.26 Å². The fourth-order valence-corrected chi connectivity index (χ4v) is 7.05. The first-order valence-corrected chi connectivity index (χ1v) is 13.9. The molecule has 0 spiro atoms. The summed E-state index contributed by atoms with van der Waals surface area (Å²) in [7, 11) is 0. The highest BCUT2D eigenvalue weighted by Crippen LogP contribution is 2.52. The van der Waals surface area contributed by atoms with Crippen molar-refractivity contribution in [3.63, 3.8) is 0 Å². The zero-order valence-corrected chi connectivity index (χ0v) is 22.1. The lowest BCUT2D eigenvalue weighted by Crippen LogP contribution is -1.96. The third kappa shape index (κ3) is 2.95. The van der Waals surface area contributed by atoms with Gasteiger partial charge in [-0.1, -0.05) is 103 Å². The molecular formula is C39H22N2. The van der Waals surface area contributed by atoms with Crippen molar-refractivity contribution in [2.24, 2.45) is 0 Å². The van der Waals surface area contributed by atoms with E-state index < -0.39 is 0 Å². The van der Waals surface area contributed by atoms with Crippen molar-refractivity contribution in [3.05, 3.63) is 139 Å². The molecule has 9 rings (SSSR count). The SMILES string of the molecule is N#Cc1ccc(-c2ccc(-n3c4ccccc4c4c5c(ccc43)-c3cccc4cccc-5c34)c3ccccc23)cc1. The minimum Gasteiger partial charge on any atom is -0.309 e. The lowest BCUT2D eigenvalue weighted by Gasteiger charge is -2.15. The molecule has 2 heteroatoms. The topological polar surface area (TPSA) is 28.7 Å². The maximum atomic E-state index is 9.28. The molecule has 0 fully saturated rings. The summed E-state index contributed by atoms with van der Waals surface area (Å²) in [4.78, 5) is 0. The van der Waals surface area contributed by atoms with Crippen LogP contribution in [0.3, 0.4) is 0 Å². The molecule has 0 aliphatic heterocycles. The first-order chi connectivity index (χ1) is 20.3. The van der Waals surface area contributed by atoms with Crippen molar-refractivity contribution >= 4 is 43.4 Å². The number of hydrogen-bond donors (Lipinski definition) is 0. The normalized spacial score (nSPS) is 11.9. The fourth-order valence-electron chi connectivity index (χ4n) is 7.05. The van der Waals surface area contributed by atoms with Crippen molar-refractivity contribution in [2.75, 3.05) is 0 Å². The van der Waals surface area contributed by atoms with E-state index in [1.54, 1.807) is 0 Å². The van der Waals surface area contributed by atoms with Gasteiger partial charge in [0.1, 0.15) is 0 Å². The van der Waals surface area contributed by atoms with Crippen molar-refractivity contribution in [1.82, 2.24) is 4.57 Å². The number of nitrogens with zero attached hydrogens (tertiary/aromatic N) is 2. The molecule has 1 aliphatic carbocycles. The second kappa shape index (κ2) is 8.18. The smallest absolute Gasteiger partial charge is 0.0991 e. The minimum absolute atomic E-state index is 0.672. The number of benzene rings is 7. The summed E-state index contributed by atoms with van der Waals surface area (Å²) in [6, 6.07) is 50.0. The van der Waals surface area contributed by atoms with E-state index in [1.165, 1.54) is 65.6 Å². The summed E-state index contributed by atoms with van der Waals surface area (Å²) in [5.41, 5.74) is 11.8. The molecule has 1 heterocycles. The van der Waals surface area contributed by atoms with Gasteiger partial charge in [0.25, 0.3) is 0 Å². The predicted molar refractivity (Wildman–Crippen MR) is 170 cm³/mol. The Labute approximate surface area is 237 Å². The number of para-hydroxylation sites is 1.